The summed E-state index contributed by atoms with van der Waals surface area (Å²) >= 11 is 1.36. The molecule has 0 radical (unpaired) electrons. The van der Waals surface area contributed by atoms with E-state index in [0.29, 0.717) is 10.7 Å². The van der Waals surface area contributed by atoms with Crippen LogP contribution in [-0.4, -0.2) is 28.8 Å². The average molecular weight is 333 g/mol. The van der Waals surface area contributed by atoms with Gasteiger partial charge in [0.05, 0.1) is 6.10 Å². The zero-order valence-corrected chi connectivity index (χ0v) is 13.9. The molecule has 6 nitrogen and oxygen atoms in total. The Labute approximate surface area is 138 Å². The number of anilines is 1. The molecule has 1 aromatic carbocycles. The lowest BCUT2D eigenvalue weighted by Gasteiger charge is -2.09. The van der Waals surface area contributed by atoms with Crippen LogP contribution in [0.15, 0.2) is 24.3 Å². The summed E-state index contributed by atoms with van der Waals surface area (Å²) in [4.78, 5) is 12.2. The summed E-state index contributed by atoms with van der Waals surface area (Å²) in [6.45, 7) is 4.68. The Morgan fingerprint density at radius 2 is 2.13 bits per heavy atom. The van der Waals surface area contributed by atoms with E-state index in [1.165, 1.54) is 11.3 Å². The Hall–Kier alpha value is -1.99. The lowest BCUT2D eigenvalue weighted by molar-refractivity contribution is 0.102. The maximum atomic E-state index is 12.2. The monoisotopic (exact) mass is 333 g/mol. The molecule has 0 saturated carbocycles. The molecule has 23 heavy (non-hydrogen) atoms. The van der Waals surface area contributed by atoms with Crippen molar-refractivity contribution in [1.82, 2.24) is 10.2 Å². The molecule has 1 amide bonds. The van der Waals surface area contributed by atoms with Crippen LogP contribution in [0, 0.1) is 0 Å². The normalized spacial score (nSPS) is 17.4. The number of nitrogens with zero attached hydrogens (tertiary/aromatic N) is 2. The number of amides is 1. The summed E-state index contributed by atoms with van der Waals surface area (Å²) in [6.07, 6.45) is 2.12. The van der Waals surface area contributed by atoms with E-state index in [2.05, 4.69) is 15.5 Å². The van der Waals surface area contributed by atoms with Crippen LogP contribution in [0.5, 0.6) is 5.75 Å². The third-order valence-corrected chi connectivity index (χ3v) is 4.29. The van der Waals surface area contributed by atoms with Crippen molar-refractivity contribution in [1.29, 1.82) is 0 Å². The van der Waals surface area contributed by atoms with Gasteiger partial charge in [-0.25, -0.2) is 0 Å². The molecule has 1 fully saturated rings. The highest BCUT2D eigenvalue weighted by Crippen LogP contribution is 2.32. The molecule has 2 heterocycles. The van der Waals surface area contributed by atoms with E-state index in [1.807, 2.05) is 13.8 Å². The van der Waals surface area contributed by atoms with E-state index in [-0.39, 0.29) is 18.1 Å². The maximum absolute atomic E-state index is 12.2. The molecule has 1 atom stereocenters. The predicted octanol–water partition coefficient (Wildman–Crippen LogP) is 3.43. The van der Waals surface area contributed by atoms with Crippen molar-refractivity contribution in [3.05, 3.63) is 34.8 Å². The van der Waals surface area contributed by atoms with Gasteiger partial charge in [0.15, 0.2) is 0 Å². The molecular weight excluding hydrogens is 314 g/mol. The van der Waals surface area contributed by atoms with Gasteiger partial charge in [-0.2, -0.15) is 0 Å². The topological polar surface area (TPSA) is 73.3 Å². The van der Waals surface area contributed by atoms with Gasteiger partial charge in [0.1, 0.15) is 16.9 Å². The summed E-state index contributed by atoms with van der Waals surface area (Å²) in [7, 11) is 0. The number of rotatable bonds is 5. The average Bonchev–Trinajstić information content (AvgIpc) is 3.18. The van der Waals surface area contributed by atoms with Crippen molar-refractivity contribution in [2.24, 2.45) is 0 Å². The molecule has 1 aliphatic heterocycles. The lowest BCUT2D eigenvalue weighted by Crippen LogP contribution is -2.12. The van der Waals surface area contributed by atoms with Crippen LogP contribution in [0.25, 0.3) is 0 Å². The maximum Gasteiger partial charge on any atom is 0.257 e. The van der Waals surface area contributed by atoms with Crippen molar-refractivity contribution < 1.29 is 14.3 Å². The van der Waals surface area contributed by atoms with Crippen molar-refractivity contribution in [2.45, 2.75) is 38.9 Å². The minimum Gasteiger partial charge on any atom is -0.491 e. The SMILES string of the molecule is CC(C)Oc1ccc(C(=O)Nc2nnc(C3CCCO3)s2)cc1. The standard InChI is InChI=1S/C16H19N3O3S/c1-10(2)22-12-7-5-11(6-8-12)14(20)17-16-19-18-15(23-16)13-4-3-9-21-13/h5-8,10,13H,3-4,9H2,1-2H3,(H,17,19,20). The number of benzene rings is 1. The number of hydrogen-bond acceptors (Lipinski definition) is 6. The Morgan fingerprint density at radius 3 is 2.78 bits per heavy atom. The zero-order valence-electron chi connectivity index (χ0n) is 13.1. The molecule has 0 spiro atoms. The van der Waals surface area contributed by atoms with Gasteiger partial charge < -0.3 is 9.47 Å². The number of nitrogens with one attached hydrogen (secondary N) is 1. The predicted molar refractivity (Wildman–Crippen MR) is 88.0 cm³/mol. The van der Waals surface area contributed by atoms with Gasteiger partial charge in [0, 0.05) is 12.2 Å². The zero-order chi connectivity index (χ0) is 16.2. The van der Waals surface area contributed by atoms with Crippen LogP contribution in [0.2, 0.25) is 0 Å². The third kappa shape index (κ3) is 4.05. The number of ether oxygens (including phenoxy) is 2. The number of aromatic nitrogens is 2. The van der Waals surface area contributed by atoms with E-state index >= 15 is 0 Å². The molecular formula is C16H19N3O3S. The summed E-state index contributed by atoms with van der Waals surface area (Å²) < 4.78 is 11.1. The first-order chi connectivity index (χ1) is 11.1. The fourth-order valence-electron chi connectivity index (χ4n) is 2.31. The second-order valence-corrected chi connectivity index (χ2v) is 6.60. The van der Waals surface area contributed by atoms with Gasteiger partial charge in [-0.1, -0.05) is 11.3 Å². The third-order valence-electron chi connectivity index (χ3n) is 3.35. The fourth-order valence-corrected chi connectivity index (χ4v) is 3.14. The molecule has 1 aliphatic rings. The molecule has 0 aliphatic carbocycles. The first-order valence-electron chi connectivity index (χ1n) is 7.65. The van der Waals surface area contributed by atoms with E-state index < -0.39 is 0 Å². The molecule has 1 unspecified atom stereocenters. The molecule has 7 heteroatoms. The van der Waals surface area contributed by atoms with Gasteiger partial charge in [0.25, 0.3) is 5.91 Å². The summed E-state index contributed by atoms with van der Waals surface area (Å²) in [5.74, 6) is 0.532. The van der Waals surface area contributed by atoms with Crippen LogP contribution in [0.3, 0.4) is 0 Å². The molecule has 1 aromatic heterocycles. The Bertz CT molecular complexity index is 663. The summed E-state index contributed by atoms with van der Waals surface area (Å²) in [5, 5.41) is 12.2. The van der Waals surface area contributed by atoms with Crippen LogP contribution in [0.1, 0.15) is 48.2 Å². The fraction of sp³-hybridized carbons (Fsp3) is 0.438. The molecule has 1 saturated heterocycles. The minimum absolute atomic E-state index is 0.0191. The van der Waals surface area contributed by atoms with Gasteiger partial charge in [-0.05, 0) is 51.0 Å². The van der Waals surface area contributed by atoms with Crippen molar-refractivity contribution in [2.75, 3.05) is 11.9 Å². The highest BCUT2D eigenvalue weighted by atomic mass is 32.1. The smallest absolute Gasteiger partial charge is 0.257 e. The number of carbonyl (C=O) groups excluding carboxylic acids is 1. The largest absolute Gasteiger partial charge is 0.491 e. The van der Waals surface area contributed by atoms with E-state index in [1.54, 1.807) is 24.3 Å². The second kappa shape index (κ2) is 7.06. The van der Waals surface area contributed by atoms with Crippen LogP contribution >= 0.6 is 11.3 Å². The minimum atomic E-state index is -0.212. The van der Waals surface area contributed by atoms with E-state index in [0.717, 1.165) is 30.2 Å². The highest BCUT2D eigenvalue weighted by molar-refractivity contribution is 7.15. The van der Waals surface area contributed by atoms with E-state index in [4.69, 9.17) is 9.47 Å². The van der Waals surface area contributed by atoms with Gasteiger partial charge in [-0.15, -0.1) is 10.2 Å². The first-order valence-corrected chi connectivity index (χ1v) is 8.46. The first kappa shape index (κ1) is 15.9. The van der Waals surface area contributed by atoms with E-state index in [9.17, 15) is 4.79 Å². The summed E-state index contributed by atoms with van der Waals surface area (Å²) in [5.41, 5.74) is 0.551. The Morgan fingerprint density at radius 1 is 1.35 bits per heavy atom. The number of carbonyl (C=O) groups is 1. The van der Waals surface area contributed by atoms with Gasteiger partial charge in [-0.3, -0.25) is 10.1 Å². The van der Waals surface area contributed by atoms with Crippen LogP contribution in [0.4, 0.5) is 5.13 Å². The van der Waals surface area contributed by atoms with Crippen molar-refractivity contribution >= 4 is 22.4 Å². The van der Waals surface area contributed by atoms with Crippen molar-refractivity contribution in [3.8, 4) is 5.75 Å². The van der Waals surface area contributed by atoms with Gasteiger partial charge >= 0.3 is 0 Å². The quantitative estimate of drug-likeness (QED) is 0.907. The Balaban J connectivity index is 1.62. The van der Waals surface area contributed by atoms with Gasteiger partial charge in [0.2, 0.25) is 5.13 Å². The Kier molecular flexibility index (Phi) is 4.88. The molecule has 0 bridgehead atoms. The second-order valence-electron chi connectivity index (χ2n) is 5.59. The number of hydrogen-bond donors (Lipinski definition) is 1. The van der Waals surface area contributed by atoms with Crippen LogP contribution < -0.4 is 10.1 Å². The molecule has 2 aromatic rings. The summed E-state index contributed by atoms with van der Waals surface area (Å²) in [6, 6.07) is 7.03. The molecule has 3 rings (SSSR count). The lowest BCUT2D eigenvalue weighted by atomic mass is 10.2. The molecule has 122 valence electrons. The highest BCUT2D eigenvalue weighted by Gasteiger charge is 2.22. The van der Waals surface area contributed by atoms with Crippen molar-refractivity contribution in [3.63, 3.8) is 0 Å². The molecule has 1 N–H and O–H groups in total. The van der Waals surface area contributed by atoms with Crippen LogP contribution in [-0.2, 0) is 4.74 Å².